The first-order valence-corrected chi connectivity index (χ1v) is 6.49. The summed E-state index contributed by atoms with van der Waals surface area (Å²) in [6.07, 6.45) is 1.58. The summed E-state index contributed by atoms with van der Waals surface area (Å²) >= 11 is 0. The molecule has 3 aromatic rings. The topological polar surface area (TPSA) is 79.9 Å². The van der Waals surface area contributed by atoms with Crippen molar-refractivity contribution in [2.24, 2.45) is 0 Å². The summed E-state index contributed by atoms with van der Waals surface area (Å²) in [6, 6.07) is 11.1. The lowest BCUT2D eigenvalue weighted by Crippen LogP contribution is -2.24. The molecule has 6 nitrogen and oxygen atoms in total. The zero-order valence-corrected chi connectivity index (χ0v) is 11.5. The summed E-state index contributed by atoms with van der Waals surface area (Å²) in [6.45, 7) is 0.311. The minimum absolute atomic E-state index is 0.250. The van der Waals surface area contributed by atoms with E-state index in [0.717, 1.165) is 11.0 Å². The molecule has 1 aromatic carbocycles. The minimum atomic E-state index is -0.250. The van der Waals surface area contributed by atoms with Crippen LogP contribution < -0.4 is 10.1 Å². The SMILES string of the molecule is COc1ncccc1C(=O)NCc1nc2ccccc2[nH]1. The van der Waals surface area contributed by atoms with E-state index in [1.54, 1.807) is 18.3 Å². The van der Waals surface area contributed by atoms with Crippen molar-refractivity contribution < 1.29 is 9.53 Å². The fourth-order valence-corrected chi connectivity index (χ4v) is 2.07. The third-order valence-electron chi connectivity index (χ3n) is 3.06. The number of H-pyrrole nitrogens is 1. The molecule has 2 N–H and O–H groups in total. The van der Waals surface area contributed by atoms with Crippen LogP contribution in [0.15, 0.2) is 42.6 Å². The lowest BCUT2D eigenvalue weighted by Gasteiger charge is -2.06. The number of rotatable bonds is 4. The maximum absolute atomic E-state index is 12.1. The van der Waals surface area contributed by atoms with Crippen LogP contribution in [0.2, 0.25) is 0 Å². The summed E-state index contributed by atoms with van der Waals surface area (Å²) in [5, 5.41) is 2.80. The van der Waals surface area contributed by atoms with Gasteiger partial charge < -0.3 is 15.0 Å². The van der Waals surface area contributed by atoms with Crippen molar-refractivity contribution in [1.82, 2.24) is 20.3 Å². The van der Waals surface area contributed by atoms with Crippen molar-refractivity contribution in [3.63, 3.8) is 0 Å². The number of carbonyl (C=O) groups is 1. The molecule has 2 aromatic heterocycles. The summed E-state index contributed by atoms with van der Waals surface area (Å²) in [5.41, 5.74) is 2.22. The van der Waals surface area contributed by atoms with Crippen LogP contribution in [0.25, 0.3) is 11.0 Å². The fraction of sp³-hybridized carbons (Fsp3) is 0.133. The molecule has 0 saturated carbocycles. The smallest absolute Gasteiger partial charge is 0.257 e. The highest BCUT2D eigenvalue weighted by atomic mass is 16.5. The second-order valence-electron chi connectivity index (χ2n) is 4.44. The van der Waals surface area contributed by atoms with E-state index in [9.17, 15) is 4.79 Å². The number of nitrogens with one attached hydrogen (secondary N) is 2. The van der Waals surface area contributed by atoms with E-state index in [4.69, 9.17) is 4.74 Å². The molecule has 0 atom stereocenters. The predicted molar refractivity (Wildman–Crippen MR) is 78.1 cm³/mol. The highest BCUT2D eigenvalue weighted by Gasteiger charge is 2.13. The van der Waals surface area contributed by atoms with E-state index in [2.05, 4.69) is 20.3 Å². The number of carbonyl (C=O) groups excluding carboxylic acids is 1. The van der Waals surface area contributed by atoms with Crippen LogP contribution in [0.5, 0.6) is 5.88 Å². The average Bonchev–Trinajstić information content (AvgIpc) is 2.95. The Balaban J connectivity index is 1.73. The number of imidazole rings is 1. The normalized spacial score (nSPS) is 10.5. The zero-order valence-electron chi connectivity index (χ0n) is 11.5. The second-order valence-corrected chi connectivity index (χ2v) is 4.44. The molecule has 106 valence electrons. The standard InChI is InChI=1S/C15H14N4O2/c1-21-15-10(5-4-8-16-15)14(20)17-9-13-18-11-6-2-3-7-12(11)19-13/h2-8H,9H2,1H3,(H,17,20)(H,18,19). The Labute approximate surface area is 121 Å². The number of hydrogen-bond acceptors (Lipinski definition) is 4. The number of para-hydroxylation sites is 2. The van der Waals surface area contributed by atoms with Crippen LogP contribution in [0.1, 0.15) is 16.2 Å². The first kappa shape index (κ1) is 13.1. The van der Waals surface area contributed by atoms with Gasteiger partial charge in [0.15, 0.2) is 0 Å². The maximum atomic E-state index is 12.1. The van der Waals surface area contributed by atoms with Gasteiger partial charge in [0.2, 0.25) is 5.88 Å². The largest absolute Gasteiger partial charge is 0.480 e. The molecule has 0 saturated heterocycles. The highest BCUT2D eigenvalue weighted by Crippen LogP contribution is 2.14. The van der Waals surface area contributed by atoms with Gasteiger partial charge in [-0.2, -0.15) is 0 Å². The van der Waals surface area contributed by atoms with Crippen LogP contribution in [-0.4, -0.2) is 28.0 Å². The number of nitrogens with zero attached hydrogens (tertiary/aromatic N) is 2. The Hall–Kier alpha value is -2.89. The van der Waals surface area contributed by atoms with Crippen molar-refractivity contribution >= 4 is 16.9 Å². The predicted octanol–water partition coefficient (Wildman–Crippen LogP) is 1.90. The monoisotopic (exact) mass is 282 g/mol. The van der Waals surface area contributed by atoms with Crippen LogP contribution in [0, 0.1) is 0 Å². The molecule has 3 rings (SSSR count). The molecule has 21 heavy (non-hydrogen) atoms. The van der Waals surface area contributed by atoms with Crippen molar-refractivity contribution in [3.8, 4) is 5.88 Å². The molecule has 0 aliphatic carbocycles. The Kier molecular flexibility index (Phi) is 3.51. The van der Waals surface area contributed by atoms with Crippen molar-refractivity contribution in [2.75, 3.05) is 7.11 Å². The van der Waals surface area contributed by atoms with Crippen LogP contribution >= 0.6 is 0 Å². The summed E-state index contributed by atoms with van der Waals surface area (Å²) < 4.78 is 5.07. The summed E-state index contributed by atoms with van der Waals surface area (Å²) in [5.74, 6) is 0.757. The van der Waals surface area contributed by atoms with Gasteiger partial charge in [-0.25, -0.2) is 9.97 Å². The first-order valence-electron chi connectivity index (χ1n) is 6.49. The van der Waals surface area contributed by atoms with Gasteiger partial charge in [-0.05, 0) is 24.3 Å². The molecule has 0 spiro atoms. The molecule has 2 heterocycles. The Bertz CT molecular complexity index is 749. The molecule has 0 radical (unpaired) electrons. The molecule has 0 bridgehead atoms. The quantitative estimate of drug-likeness (QED) is 0.766. The number of fused-ring (bicyclic) bond motifs is 1. The van der Waals surface area contributed by atoms with Crippen molar-refractivity contribution in [1.29, 1.82) is 0 Å². The van der Waals surface area contributed by atoms with E-state index in [1.807, 2.05) is 24.3 Å². The van der Waals surface area contributed by atoms with Gasteiger partial charge in [0, 0.05) is 6.20 Å². The average molecular weight is 282 g/mol. The number of benzene rings is 1. The van der Waals surface area contributed by atoms with E-state index >= 15 is 0 Å². The molecule has 1 amide bonds. The van der Waals surface area contributed by atoms with E-state index < -0.39 is 0 Å². The molecular formula is C15H14N4O2. The number of hydrogen-bond donors (Lipinski definition) is 2. The molecule has 6 heteroatoms. The number of aromatic nitrogens is 3. The third kappa shape index (κ3) is 2.69. The minimum Gasteiger partial charge on any atom is -0.480 e. The lowest BCUT2D eigenvalue weighted by atomic mass is 10.2. The lowest BCUT2D eigenvalue weighted by molar-refractivity contribution is 0.0946. The van der Waals surface area contributed by atoms with Gasteiger partial charge in [0.25, 0.3) is 5.91 Å². The summed E-state index contributed by atoms with van der Waals surface area (Å²) in [7, 11) is 1.48. The molecular weight excluding hydrogens is 268 g/mol. The van der Waals surface area contributed by atoms with Gasteiger partial charge in [-0.15, -0.1) is 0 Å². The van der Waals surface area contributed by atoms with Crippen molar-refractivity contribution in [2.45, 2.75) is 6.54 Å². The van der Waals surface area contributed by atoms with Gasteiger partial charge in [-0.3, -0.25) is 4.79 Å². The van der Waals surface area contributed by atoms with Crippen LogP contribution in [-0.2, 0) is 6.54 Å². The van der Waals surface area contributed by atoms with E-state index in [1.165, 1.54) is 7.11 Å². The second kappa shape index (κ2) is 5.62. The number of aromatic amines is 1. The number of amides is 1. The Morgan fingerprint density at radius 3 is 2.95 bits per heavy atom. The van der Waals surface area contributed by atoms with Gasteiger partial charge in [0.05, 0.1) is 24.7 Å². The third-order valence-corrected chi connectivity index (χ3v) is 3.06. The van der Waals surface area contributed by atoms with Gasteiger partial charge in [0.1, 0.15) is 11.4 Å². The van der Waals surface area contributed by atoms with E-state index in [0.29, 0.717) is 23.8 Å². The van der Waals surface area contributed by atoms with Crippen LogP contribution in [0.3, 0.4) is 0 Å². The molecule has 0 aliphatic rings. The first-order chi connectivity index (χ1) is 10.3. The molecule has 0 aliphatic heterocycles. The maximum Gasteiger partial charge on any atom is 0.257 e. The van der Waals surface area contributed by atoms with Crippen LogP contribution in [0.4, 0.5) is 0 Å². The highest BCUT2D eigenvalue weighted by molar-refractivity contribution is 5.96. The molecule has 0 fully saturated rings. The van der Waals surface area contributed by atoms with Crippen molar-refractivity contribution in [3.05, 3.63) is 54.0 Å². The number of ether oxygens (including phenoxy) is 1. The molecule has 0 unspecified atom stereocenters. The number of pyridine rings is 1. The van der Waals surface area contributed by atoms with E-state index in [-0.39, 0.29) is 5.91 Å². The number of methoxy groups -OCH3 is 1. The Morgan fingerprint density at radius 2 is 2.14 bits per heavy atom. The van der Waals surface area contributed by atoms with Gasteiger partial charge in [-0.1, -0.05) is 12.1 Å². The fourth-order valence-electron chi connectivity index (χ4n) is 2.07. The Morgan fingerprint density at radius 1 is 1.29 bits per heavy atom. The summed E-state index contributed by atoms with van der Waals surface area (Å²) in [4.78, 5) is 23.7. The van der Waals surface area contributed by atoms with Gasteiger partial charge >= 0.3 is 0 Å². The zero-order chi connectivity index (χ0) is 14.7.